The summed E-state index contributed by atoms with van der Waals surface area (Å²) in [5.74, 6) is 0.447. The van der Waals surface area contributed by atoms with Gasteiger partial charge in [0.05, 0.1) is 23.0 Å². The second-order valence-electron chi connectivity index (χ2n) is 11.7. The topological polar surface area (TPSA) is 119 Å². The number of nitrogens with zero attached hydrogens (tertiary/aromatic N) is 5. The minimum absolute atomic E-state index is 0.0724. The monoisotopic (exact) mass is 497 g/mol. The number of fused-ring (bicyclic) bond motifs is 1. The molecule has 9 heteroatoms. The van der Waals surface area contributed by atoms with Gasteiger partial charge in [0.2, 0.25) is 0 Å². The molecule has 3 saturated carbocycles. The van der Waals surface area contributed by atoms with E-state index in [1.54, 1.807) is 0 Å². The van der Waals surface area contributed by atoms with Crippen LogP contribution in [0.5, 0.6) is 0 Å². The first-order chi connectivity index (χ1) is 17.9. The maximum absolute atomic E-state index is 10.8. The minimum Gasteiger partial charge on any atom is -0.390 e. The van der Waals surface area contributed by atoms with Gasteiger partial charge in [0, 0.05) is 28.8 Å². The quantitative estimate of drug-likeness (QED) is 0.335. The maximum Gasteiger partial charge on any atom is 0.152 e. The van der Waals surface area contributed by atoms with Crippen LogP contribution in [-0.4, -0.2) is 53.5 Å². The molecule has 9 nitrogen and oxygen atoms in total. The number of nitrogen functional groups attached to an aromatic ring is 1. The zero-order valence-electron chi connectivity index (χ0n) is 20.8. The summed E-state index contributed by atoms with van der Waals surface area (Å²) in [5.41, 5.74) is 11.6. The number of nitrogens with two attached hydrogens (primary N) is 1. The highest BCUT2D eigenvalue weighted by atomic mass is 16.6. The molecule has 2 atom stereocenters. The number of anilines is 1. The number of aliphatic hydroxyl groups is 1. The van der Waals surface area contributed by atoms with Gasteiger partial charge in [-0.1, -0.05) is 18.2 Å². The fourth-order valence-corrected chi connectivity index (χ4v) is 6.61. The van der Waals surface area contributed by atoms with Gasteiger partial charge in [-0.3, -0.25) is 10.00 Å². The van der Waals surface area contributed by atoms with E-state index in [1.807, 2.05) is 23.7 Å². The van der Waals surface area contributed by atoms with E-state index in [2.05, 4.69) is 55.5 Å². The van der Waals surface area contributed by atoms with Crippen molar-refractivity contribution in [3.63, 3.8) is 0 Å². The van der Waals surface area contributed by atoms with Crippen molar-refractivity contribution in [2.75, 3.05) is 5.73 Å². The number of benzene rings is 1. The normalized spacial score (nSPS) is 31.0. The zero-order valence-corrected chi connectivity index (χ0v) is 20.8. The van der Waals surface area contributed by atoms with E-state index in [1.165, 1.54) is 24.7 Å². The molecule has 8 rings (SSSR count). The molecule has 1 aromatic carbocycles. The van der Waals surface area contributed by atoms with Crippen LogP contribution in [0.2, 0.25) is 0 Å². The number of rotatable bonds is 7. The molecule has 4 heterocycles. The Kier molecular flexibility index (Phi) is 4.36. The van der Waals surface area contributed by atoms with Gasteiger partial charge in [0.15, 0.2) is 5.82 Å². The van der Waals surface area contributed by atoms with Crippen molar-refractivity contribution in [3.05, 3.63) is 54.5 Å². The highest BCUT2D eigenvalue weighted by Crippen LogP contribution is 2.58. The zero-order chi connectivity index (χ0) is 24.9. The molecule has 3 aliphatic carbocycles. The second-order valence-corrected chi connectivity index (χ2v) is 11.7. The van der Waals surface area contributed by atoms with Crippen LogP contribution in [0.4, 0.5) is 5.82 Å². The first-order valence-corrected chi connectivity index (χ1v) is 13.3. The number of hydrogen-bond acceptors (Lipinski definition) is 7. The largest absolute Gasteiger partial charge is 0.390 e. The molecule has 0 radical (unpaired) electrons. The molecular formula is C28H31N7O2. The Hall–Kier alpha value is -3.27. The molecule has 2 unspecified atom stereocenters. The van der Waals surface area contributed by atoms with E-state index in [0.29, 0.717) is 30.7 Å². The summed E-state index contributed by atoms with van der Waals surface area (Å²) in [6, 6.07) is 13.9. The molecule has 4 fully saturated rings. The van der Waals surface area contributed by atoms with Crippen molar-refractivity contribution < 1.29 is 9.84 Å². The van der Waals surface area contributed by atoms with Crippen LogP contribution in [0.1, 0.15) is 57.1 Å². The van der Waals surface area contributed by atoms with Crippen molar-refractivity contribution in [1.82, 2.24) is 29.7 Å². The fraction of sp³-hybridized carbons (Fsp3) is 0.464. The molecule has 4 aliphatic rings. The predicted molar refractivity (Wildman–Crippen MR) is 139 cm³/mol. The van der Waals surface area contributed by atoms with E-state index in [0.717, 1.165) is 40.9 Å². The Balaban J connectivity index is 1.23. The first kappa shape index (κ1) is 21.8. The van der Waals surface area contributed by atoms with Crippen molar-refractivity contribution in [2.45, 2.75) is 80.9 Å². The summed E-state index contributed by atoms with van der Waals surface area (Å²) >= 11 is 0. The SMILES string of the molecule is CC1(O)CC(c2cccc(-c3cc(-c4ccnn4C4CC4)c4c(N)ncnn34)c2)(C2OC2NC2CC2)C1. The van der Waals surface area contributed by atoms with E-state index in [-0.39, 0.29) is 17.7 Å². The molecule has 0 bridgehead atoms. The van der Waals surface area contributed by atoms with Crippen LogP contribution < -0.4 is 11.1 Å². The van der Waals surface area contributed by atoms with Crippen molar-refractivity contribution in [1.29, 1.82) is 0 Å². The highest BCUT2D eigenvalue weighted by molar-refractivity contribution is 5.91. The molecule has 4 N–H and O–H groups in total. The Morgan fingerprint density at radius 3 is 2.68 bits per heavy atom. The summed E-state index contributed by atoms with van der Waals surface area (Å²) in [6.07, 6.45) is 9.62. The average Bonchev–Trinajstić information content (AvgIpc) is 3.81. The van der Waals surface area contributed by atoms with Crippen LogP contribution in [0, 0.1) is 0 Å². The highest BCUT2D eigenvalue weighted by Gasteiger charge is 2.65. The lowest BCUT2D eigenvalue weighted by molar-refractivity contribution is -0.0852. The van der Waals surface area contributed by atoms with Gasteiger partial charge < -0.3 is 15.6 Å². The number of ether oxygens (including phenoxy) is 1. The van der Waals surface area contributed by atoms with Crippen LogP contribution in [0.25, 0.3) is 28.0 Å². The molecule has 1 aliphatic heterocycles. The van der Waals surface area contributed by atoms with Crippen LogP contribution in [0.3, 0.4) is 0 Å². The minimum atomic E-state index is -0.677. The molecule has 37 heavy (non-hydrogen) atoms. The second kappa shape index (κ2) is 7.40. The van der Waals surface area contributed by atoms with Crippen molar-refractivity contribution in [3.8, 4) is 22.5 Å². The van der Waals surface area contributed by atoms with E-state index < -0.39 is 5.60 Å². The van der Waals surface area contributed by atoms with Crippen LogP contribution in [-0.2, 0) is 10.2 Å². The first-order valence-electron chi connectivity index (χ1n) is 13.3. The van der Waals surface area contributed by atoms with Gasteiger partial charge in [-0.15, -0.1) is 0 Å². The van der Waals surface area contributed by atoms with Gasteiger partial charge >= 0.3 is 0 Å². The standard InChI is InChI=1S/C28H31N7O2/c1-27(36)13-28(14-27,24-26(37-24)33-18-5-6-18)17-4-2-3-16(11-17)22-12-20(23-25(29)30-15-32-35(22)23)21-9-10-31-34(21)19-7-8-19/h2-4,9-12,15,18-19,24,26,33,36H,5-8,13-14H2,1H3,(H2,29,30,32). The molecule has 1 saturated heterocycles. The summed E-state index contributed by atoms with van der Waals surface area (Å²) < 4.78 is 10.2. The Morgan fingerprint density at radius 1 is 1.08 bits per heavy atom. The molecular weight excluding hydrogens is 466 g/mol. The van der Waals surface area contributed by atoms with E-state index >= 15 is 0 Å². The summed E-state index contributed by atoms with van der Waals surface area (Å²) in [4.78, 5) is 4.30. The third-order valence-electron chi connectivity index (χ3n) is 8.56. The summed E-state index contributed by atoms with van der Waals surface area (Å²) in [7, 11) is 0. The molecule has 0 amide bonds. The van der Waals surface area contributed by atoms with E-state index in [4.69, 9.17) is 10.5 Å². The Bertz CT molecular complexity index is 1520. The molecule has 0 spiro atoms. The summed E-state index contributed by atoms with van der Waals surface area (Å²) in [6.45, 7) is 1.93. The van der Waals surface area contributed by atoms with Gasteiger partial charge in [0.25, 0.3) is 0 Å². The lowest BCUT2D eigenvalue weighted by atomic mass is 9.55. The van der Waals surface area contributed by atoms with Gasteiger partial charge in [-0.25, -0.2) is 9.50 Å². The summed E-state index contributed by atoms with van der Waals surface area (Å²) in [5, 5.41) is 23.6. The lowest BCUT2D eigenvalue weighted by Gasteiger charge is -2.52. The van der Waals surface area contributed by atoms with E-state index in [9.17, 15) is 5.11 Å². The number of hydrogen-bond donors (Lipinski definition) is 3. The molecule has 3 aromatic heterocycles. The maximum atomic E-state index is 10.8. The molecule has 4 aromatic rings. The third kappa shape index (κ3) is 3.44. The predicted octanol–water partition coefficient (Wildman–Crippen LogP) is 3.44. The van der Waals surface area contributed by atoms with Gasteiger partial charge in [0.1, 0.15) is 24.2 Å². The van der Waals surface area contributed by atoms with Crippen molar-refractivity contribution in [2.24, 2.45) is 0 Å². The number of aromatic nitrogens is 5. The van der Waals surface area contributed by atoms with Gasteiger partial charge in [-0.2, -0.15) is 10.2 Å². The van der Waals surface area contributed by atoms with Crippen LogP contribution >= 0.6 is 0 Å². The van der Waals surface area contributed by atoms with Gasteiger partial charge in [-0.05, 0) is 69.2 Å². The molecule has 190 valence electrons. The third-order valence-corrected chi connectivity index (χ3v) is 8.56. The fourth-order valence-electron chi connectivity index (χ4n) is 6.61. The Labute approximate surface area is 214 Å². The lowest BCUT2D eigenvalue weighted by Crippen LogP contribution is -2.57. The average molecular weight is 498 g/mol. The smallest absolute Gasteiger partial charge is 0.152 e. The van der Waals surface area contributed by atoms with Crippen LogP contribution in [0.15, 0.2) is 48.9 Å². The Morgan fingerprint density at radius 2 is 1.92 bits per heavy atom. The van der Waals surface area contributed by atoms with Crippen molar-refractivity contribution >= 4 is 11.3 Å². The number of epoxide rings is 1. The number of nitrogens with one attached hydrogen (secondary N) is 1.